The molecule has 1 saturated heterocycles. The molecule has 2 atom stereocenters. The van der Waals surface area contributed by atoms with Gasteiger partial charge in [0.05, 0.1) is 15.1 Å². The number of hydrogen-bond acceptors (Lipinski definition) is 2. The standard InChI is InChI=1S/C2H6O2P2/c1-2-5-6-4-3-1/h5-6H,1-2H2. The van der Waals surface area contributed by atoms with Crippen LogP contribution in [-0.2, 0) is 9.56 Å². The molecule has 1 fully saturated rings. The van der Waals surface area contributed by atoms with Crippen molar-refractivity contribution in [3.05, 3.63) is 0 Å². The second-order valence-corrected chi connectivity index (χ2v) is 3.83. The molecule has 1 rings (SSSR count). The lowest BCUT2D eigenvalue weighted by atomic mass is 10.9. The molecule has 0 aromatic rings. The highest BCUT2D eigenvalue weighted by molar-refractivity contribution is 8.09. The van der Waals surface area contributed by atoms with Crippen molar-refractivity contribution < 1.29 is 9.56 Å². The minimum atomic E-state index is 0.607. The fraction of sp³-hybridized carbons (Fsp3) is 1.00. The second kappa shape index (κ2) is 2.87. The largest absolute Gasteiger partial charge is 0.233 e. The van der Waals surface area contributed by atoms with Gasteiger partial charge in [-0.1, -0.05) is 8.27 Å². The van der Waals surface area contributed by atoms with Crippen LogP contribution in [0.3, 0.4) is 0 Å². The highest BCUT2D eigenvalue weighted by Gasteiger charge is 1.95. The summed E-state index contributed by atoms with van der Waals surface area (Å²) in [4.78, 5) is 4.59. The van der Waals surface area contributed by atoms with Gasteiger partial charge >= 0.3 is 0 Å². The zero-order valence-corrected chi connectivity index (χ0v) is 5.23. The van der Waals surface area contributed by atoms with Crippen molar-refractivity contribution >= 4 is 16.8 Å². The molecule has 36 valence electrons. The lowest BCUT2D eigenvalue weighted by Gasteiger charge is -2.07. The predicted molar refractivity (Wildman–Crippen MR) is 28.5 cm³/mol. The third kappa shape index (κ3) is 1.49. The second-order valence-electron chi connectivity index (χ2n) is 0.934. The minimum absolute atomic E-state index is 0.607. The molecule has 0 amide bonds. The monoisotopic (exact) mass is 124 g/mol. The fourth-order valence-corrected chi connectivity index (χ4v) is 1.70. The number of rotatable bonds is 0. The molecule has 0 bridgehead atoms. The van der Waals surface area contributed by atoms with Crippen LogP contribution < -0.4 is 0 Å². The molecule has 0 saturated carbocycles. The van der Waals surface area contributed by atoms with E-state index in [4.69, 9.17) is 0 Å². The first kappa shape index (κ1) is 4.93. The lowest BCUT2D eigenvalue weighted by molar-refractivity contribution is -0.190. The van der Waals surface area contributed by atoms with Crippen molar-refractivity contribution in [3.8, 4) is 0 Å². The quantitative estimate of drug-likeness (QED) is 0.356. The maximum absolute atomic E-state index is 4.61. The lowest BCUT2D eigenvalue weighted by Crippen LogP contribution is -1.94. The van der Waals surface area contributed by atoms with Crippen molar-refractivity contribution in [2.45, 2.75) is 0 Å². The van der Waals surface area contributed by atoms with E-state index in [9.17, 15) is 0 Å². The van der Waals surface area contributed by atoms with Gasteiger partial charge in [0.15, 0.2) is 0 Å². The Morgan fingerprint density at radius 3 is 2.67 bits per heavy atom. The van der Waals surface area contributed by atoms with E-state index in [1.54, 1.807) is 0 Å². The zero-order valence-electron chi connectivity index (χ0n) is 3.23. The average Bonchev–Trinajstić information content (AvgIpc) is 1.72. The molecule has 4 heteroatoms. The highest BCUT2D eigenvalue weighted by atomic mass is 32.0. The summed E-state index contributed by atoms with van der Waals surface area (Å²) in [6, 6.07) is 0. The van der Waals surface area contributed by atoms with Gasteiger partial charge in [0.25, 0.3) is 0 Å². The summed E-state index contributed by atoms with van der Waals surface area (Å²) in [5.74, 6) is 0. The summed E-state index contributed by atoms with van der Waals surface area (Å²) < 4.78 is 4.61. The van der Waals surface area contributed by atoms with Crippen LogP contribution in [0.5, 0.6) is 0 Å². The van der Waals surface area contributed by atoms with Gasteiger partial charge < -0.3 is 0 Å². The van der Waals surface area contributed by atoms with Crippen molar-refractivity contribution in [1.29, 1.82) is 0 Å². The van der Waals surface area contributed by atoms with Gasteiger partial charge in [0.1, 0.15) is 0 Å². The van der Waals surface area contributed by atoms with Crippen LogP contribution in [0, 0.1) is 0 Å². The third-order valence-electron chi connectivity index (χ3n) is 0.483. The smallest absolute Gasteiger partial charge is 0.0866 e. The molecule has 6 heavy (non-hydrogen) atoms. The molecule has 1 aliphatic heterocycles. The summed E-state index contributed by atoms with van der Waals surface area (Å²) in [6.07, 6.45) is 1.19. The molecule has 0 radical (unpaired) electrons. The number of hydrogen-bond donors (Lipinski definition) is 0. The Balaban J connectivity index is 2.00. The third-order valence-corrected chi connectivity index (χ3v) is 2.72. The zero-order chi connectivity index (χ0) is 4.24. The Morgan fingerprint density at radius 2 is 2.50 bits per heavy atom. The van der Waals surface area contributed by atoms with E-state index in [0.717, 1.165) is 14.9 Å². The minimum Gasteiger partial charge on any atom is -0.233 e. The summed E-state index contributed by atoms with van der Waals surface area (Å²) in [5.41, 5.74) is 0. The topological polar surface area (TPSA) is 18.5 Å². The summed E-state index contributed by atoms with van der Waals surface area (Å²) >= 11 is 0. The molecular formula is C2H6O2P2. The van der Waals surface area contributed by atoms with Gasteiger partial charge in [-0.15, -0.1) is 0 Å². The first-order valence-corrected chi connectivity index (χ1v) is 4.88. The Hall–Kier alpha value is 0.780. The molecule has 2 nitrogen and oxygen atoms in total. The molecule has 2 unspecified atom stereocenters. The Kier molecular flexibility index (Phi) is 2.36. The van der Waals surface area contributed by atoms with Crippen LogP contribution in [-0.4, -0.2) is 12.8 Å². The van der Waals surface area contributed by atoms with Gasteiger partial charge in [-0.2, -0.15) is 0 Å². The van der Waals surface area contributed by atoms with Gasteiger partial charge in [-0.05, 0) is 6.16 Å². The van der Waals surface area contributed by atoms with Crippen LogP contribution in [0.15, 0.2) is 0 Å². The Bertz CT molecular complexity index is 25.0. The first-order valence-electron chi connectivity index (χ1n) is 1.76. The van der Waals surface area contributed by atoms with Gasteiger partial charge in [-0.25, -0.2) is 9.56 Å². The average molecular weight is 124 g/mol. The van der Waals surface area contributed by atoms with E-state index >= 15 is 0 Å². The SMILES string of the molecule is C1CPPOO1. The van der Waals surface area contributed by atoms with E-state index in [-0.39, 0.29) is 0 Å². The van der Waals surface area contributed by atoms with E-state index in [1.807, 2.05) is 0 Å². The van der Waals surface area contributed by atoms with E-state index in [0.29, 0.717) is 8.50 Å². The Morgan fingerprint density at radius 1 is 1.50 bits per heavy atom. The Labute approximate surface area is 40.1 Å². The van der Waals surface area contributed by atoms with Crippen molar-refractivity contribution in [3.63, 3.8) is 0 Å². The summed E-state index contributed by atoms with van der Waals surface area (Å²) in [6.45, 7) is 0.797. The first-order chi connectivity index (χ1) is 3.00. The molecule has 0 aromatic heterocycles. The van der Waals surface area contributed by atoms with E-state index in [1.165, 1.54) is 6.16 Å². The molecule has 0 aromatic carbocycles. The van der Waals surface area contributed by atoms with Gasteiger partial charge in [0, 0.05) is 0 Å². The molecular weight excluding hydrogens is 118 g/mol. The molecule has 1 aliphatic rings. The van der Waals surface area contributed by atoms with Crippen LogP contribution in [0.25, 0.3) is 0 Å². The molecule has 1 heterocycles. The molecule has 0 spiro atoms. The molecule has 0 N–H and O–H groups in total. The highest BCUT2D eigenvalue weighted by Crippen LogP contribution is 2.40. The van der Waals surface area contributed by atoms with Gasteiger partial charge in [-0.3, -0.25) is 0 Å². The van der Waals surface area contributed by atoms with Crippen LogP contribution in [0.2, 0.25) is 0 Å². The van der Waals surface area contributed by atoms with E-state index < -0.39 is 0 Å². The van der Waals surface area contributed by atoms with Crippen LogP contribution in [0.1, 0.15) is 0 Å². The fourth-order valence-electron chi connectivity index (χ4n) is 0.244. The van der Waals surface area contributed by atoms with Crippen molar-refractivity contribution in [1.82, 2.24) is 0 Å². The maximum atomic E-state index is 4.61. The van der Waals surface area contributed by atoms with Crippen molar-refractivity contribution in [2.24, 2.45) is 0 Å². The normalized spacial score (nSPS) is 32.0. The summed E-state index contributed by atoms with van der Waals surface area (Å²) in [5, 5.41) is 0. The van der Waals surface area contributed by atoms with Crippen LogP contribution >= 0.6 is 16.8 Å². The summed E-state index contributed by atoms with van der Waals surface area (Å²) in [7, 11) is 1.59. The molecule has 0 aliphatic carbocycles. The maximum Gasteiger partial charge on any atom is 0.0866 e. The van der Waals surface area contributed by atoms with Gasteiger partial charge in [0.2, 0.25) is 0 Å². The van der Waals surface area contributed by atoms with E-state index in [2.05, 4.69) is 9.56 Å². The van der Waals surface area contributed by atoms with Crippen LogP contribution in [0.4, 0.5) is 0 Å². The van der Waals surface area contributed by atoms with Crippen molar-refractivity contribution in [2.75, 3.05) is 12.8 Å². The predicted octanol–water partition coefficient (Wildman–Crippen LogP) is 1.14.